The number of anilines is 1. The van der Waals surface area contributed by atoms with Crippen LogP contribution < -0.4 is 10.6 Å². The highest BCUT2D eigenvalue weighted by Crippen LogP contribution is 2.19. The molecule has 1 aromatic carbocycles. The van der Waals surface area contributed by atoms with E-state index in [1.165, 1.54) is 0 Å². The summed E-state index contributed by atoms with van der Waals surface area (Å²) < 4.78 is 2.09. The third-order valence-electron chi connectivity index (χ3n) is 3.40. The van der Waals surface area contributed by atoms with Gasteiger partial charge in [0.05, 0.1) is 18.6 Å². The van der Waals surface area contributed by atoms with Crippen molar-refractivity contribution in [1.82, 2.24) is 14.9 Å². The van der Waals surface area contributed by atoms with Gasteiger partial charge in [-0.25, -0.2) is 4.98 Å². The third kappa shape index (κ3) is 2.82. The van der Waals surface area contributed by atoms with Gasteiger partial charge in [-0.15, -0.1) is 0 Å². The van der Waals surface area contributed by atoms with Crippen LogP contribution in [0.25, 0.3) is 0 Å². The first-order chi connectivity index (χ1) is 9.67. The van der Waals surface area contributed by atoms with E-state index in [1.54, 1.807) is 7.05 Å². The largest absolute Gasteiger partial charge is 0.379 e. The van der Waals surface area contributed by atoms with Crippen molar-refractivity contribution < 1.29 is 4.79 Å². The molecular weight excluding hydrogens is 252 g/mol. The molecule has 20 heavy (non-hydrogen) atoms. The lowest BCUT2D eigenvalue weighted by molar-refractivity contribution is 0.0962. The summed E-state index contributed by atoms with van der Waals surface area (Å²) in [5.74, 6) is -0.0650. The molecule has 0 radical (unpaired) electrons. The van der Waals surface area contributed by atoms with Crippen molar-refractivity contribution in [2.75, 3.05) is 12.4 Å². The standard InChI is InChI=1S/C15H20N4O/c1-4-19-10-17-8-12(19)9-18-14-7-5-6-13(11(14)2)15(20)16-3/h5-8,10,18H,4,9H2,1-3H3,(H,16,20). The molecule has 1 amide bonds. The van der Waals surface area contributed by atoms with Crippen LogP contribution in [0.2, 0.25) is 0 Å². The Bertz CT molecular complexity index is 604. The minimum Gasteiger partial charge on any atom is -0.379 e. The predicted octanol–water partition coefficient (Wildman–Crippen LogP) is 2.18. The average Bonchev–Trinajstić information content (AvgIpc) is 2.93. The molecule has 1 aromatic heterocycles. The Morgan fingerprint density at radius 2 is 2.20 bits per heavy atom. The van der Waals surface area contributed by atoms with Crippen molar-refractivity contribution in [2.45, 2.75) is 26.9 Å². The monoisotopic (exact) mass is 272 g/mol. The maximum atomic E-state index is 11.8. The van der Waals surface area contributed by atoms with Crippen LogP contribution in [0.4, 0.5) is 5.69 Å². The fourth-order valence-electron chi connectivity index (χ4n) is 2.17. The van der Waals surface area contributed by atoms with Crippen LogP contribution in [0.5, 0.6) is 0 Å². The molecule has 0 saturated carbocycles. The Hall–Kier alpha value is -2.30. The maximum absolute atomic E-state index is 11.8. The molecule has 0 unspecified atom stereocenters. The number of amides is 1. The maximum Gasteiger partial charge on any atom is 0.251 e. The lowest BCUT2D eigenvalue weighted by Gasteiger charge is -2.13. The van der Waals surface area contributed by atoms with Gasteiger partial charge in [0.2, 0.25) is 0 Å². The van der Waals surface area contributed by atoms with Crippen LogP contribution in [0.1, 0.15) is 28.5 Å². The number of carbonyl (C=O) groups is 1. The molecule has 2 N–H and O–H groups in total. The molecule has 0 fully saturated rings. The zero-order valence-corrected chi connectivity index (χ0v) is 12.1. The second-order valence-electron chi connectivity index (χ2n) is 4.58. The van der Waals surface area contributed by atoms with Gasteiger partial charge >= 0.3 is 0 Å². The lowest BCUT2D eigenvalue weighted by Crippen LogP contribution is -2.19. The van der Waals surface area contributed by atoms with Gasteiger partial charge in [-0.1, -0.05) is 6.07 Å². The van der Waals surface area contributed by atoms with Crippen molar-refractivity contribution in [3.8, 4) is 0 Å². The zero-order chi connectivity index (χ0) is 14.5. The summed E-state index contributed by atoms with van der Waals surface area (Å²) in [6, 6.07) is 5.70. The zero-order valence-electron chi connectivity index (χ0n) is 12.1. The molecule has 0 atom stereocenters. The summed E-state index contributed by atoms with van der Waals surface area (Å²) in [7, 11) is 1.64. The number of nitrogens with one attached hydrogen (secondary N) is 2. The normalized spacial score (nSPS) is 10.3. The van der Waals surface area contributed by atoms with Crippen molar-refractivity contribution in [3.63, 3.8) is 0 Å². The number of imidazole rings is 1. The minimum atomic E-state index is -0.0650. The molecular formula is C15H20N4O. The van der Waals surface area contributed by atoms with Gasteiger partial charge < -0.3 is 15.2 Å². The Morgan fingerprint density at radius 3 is 2.90 bits per heavy atom. The van der Waals surface area contributed by atoms with Gasteiger partial charge in [0.25, 0.3) is 5.91 Å². The summed E-state index contributed by atoms with van der Waals surface area (Å²) in [5, 5.41) is 6.02. The molecule has 5 heteroatoms. The first-order valence-electron chi connectivity index (χ1n) is 6.72. The molecule has 0 aliphatic rings. The number of hydrogen-bond donors (Lipinski definition) is 2. The Labute approximate surface area is 119 Å². The fraction of sp³-hybridized carbons (Fsp3) is 0.333. The van der Waals surface area contributed by atoms with Crippen molar-refractivity contribution >= 4 is 11.6 Å². The summed E-state index contributed by atoms with van der Waals surface area (Å²) in [6.07, 6.45) is 3.68. The van der Waals surface area contributed by atoms with Crippen LogP contribution in [0, 0.1) is 6.92 Å². The summed E-state index contributed by atoms with van der Waals surface area (Å²) >= 11 is 0. The molecule has 106 valence electrons. The number of aromatic nitrogens is 2. The predicted molar refractivity (Wildman–Crippen MR) is 79.8 cm³/mol. The van der Waals surface area contributed by atoms with Crippen LogP contribution in [-0.4, -0.2) is 22.5 Å². The first-order valence-corrected chi connectivity index (χ1v) is 6.72. The van der Waals surface area contributed by atoms with Crippen LogP contribution in [-0.2, 0) is 13.1 Å². The van der Waals surface area contributed by atoms with E-state index < -0.39 is 0 Å². The van der Waals surface area contributed by atoms with E-state index in [2.05, 4.69) is 27.1 Å². The number of rotatable bonds is 5. The molecule has 1 heterocycles. The van der Waals surface area contributed by atoms with Crippen LogP contribution >= 0.6 is 0 Å². The number of carbonyl (C=O) groups excluding carboxylic acids is 1. The number of aryl methyl sites for hydroxylation is 1. The Balaban J connectivity index is 2.16. The molecule has 0 saturated heterocycles. The van der Waals surface area contributed by atoms with Crippen LogP contribution in [0.15, 0.2) is 30.7 Å². The minimum absolute atomic E-state index is 0.0650. The molecule has 0 spiro atoms. The van der Waals surface area contributed by atoms with Crippen LogP contribution in [0.3, 0.4) is 0 Å². The average molecular weight is 272 g/mol. The number of hydrogen-bond acceptors (Lipinski definition) is 3. The molecule has 0 aliphatic carbocycles. The van der Waals surface area contributed by atoms with Gasteiger partial charge in [-0.05, 0) is 31.5 Å². The number of benzene rings is 1. The van der Waals surface area contributed by atoms with E-state index in [1.807, 2.05) is 37.6 Å². The Morgan fingerprint density at radius 1 is 1.40 bits per heavy atom. The highest BCUT2D eigenvalue weighted by Gasteiger charge is 2.10. The smallest absolute Gasteiger partial charge is 0.251 e. The summed E-state index contributed by atoms with van der Waals surface area (Å²) in [6.45, 7) is 5.62. The van der Waals surface area contributed by atoms with E-state index >= 15 is 0 Å². The van der Waals surface area contributed by atoms with Crippen molar-refractivity contribution in [2.24, 2.45) is 0 Å². The highest BCUT2D eigenvalue weighted by atomic mass is 16.1. The van der Waals surface area contributed by atoms with Gasteiger partial charge in [-0.3, -0.25) is 4.79 Å². The third-order valence-corrected chi connectivity index (χ3v) is 3.40. The molecule has 0 bridgehead atoms. The van der Waals surface area contributed by atoms with E-state index in [-0.39, 0.29) is 5.91 Å². The van der Waals surface area contributed by atoms with Gasteiger partial charge in [0.1, 0.15) is 0 Å². The van der Waals surface area contributed by atoms with Gasteiger partial charge in [-0.2, -0.15) is 0 Å². The first kappa shape index (κ1) is 14.1. The van der Waals surface area contributed by atoms with E-state index in [0.29, 0.717) is 12.1 Å². The van der Waals surface area contributed by atoms with Crippen molar-refractivity contribution in [3.05, 3.63) is 47.5 Å². The Kier molecular flexibility index (Phi) is 4.40. The SMILES string of the molecule is CCn1cncc1CNc1cccc(C(=O)NC)c1C. The topological polar surface area (TPSA) is 59.0 Å². The van der Waals surface area contributed by atoms with Gasteiger partial charge in [0, 0.05) is 31.0 Å². The quantitative estimate of drug-likeness (QED) is 0.877. The fourth-order valence-corrected chi connectivity index (χ4v) is 2.17. The summed E-state index contributed by atoms with van der Waals surface area (Å²) in [5.41, 5.74) is 3.74. The lowest BCUT2D eigenvalue weighted by atomic mass is 10.1. The summed E-state index contributed by atoms with van der Waals surface area (Å²) in [4.78, 5) is 15.9. The second kappa shape index (κ2) is 6.23. The van der Waals surface area contributed by atoms with E-state index in [9.17, 15) is 4.79 Å². The van der Waals surface area contributed by atoms with E-state index in [4.69, 9.17) is 0 Å². The molecule has 5 nitrogen and oxygen atoms in total. The van der Waals surface area contributed by atoms with Crippen molar-refractivity contribution in [1.29, 1.82) is 0 Å². The molecule has 0 aliphatic heterocycles. The van der Waals surface area contributed by atoms with Gasteiger partial charge in [0.15, 0.2) is 0 Å². The molecule has 2 rings (SSSR count). The van der Waals surface area contributed by atoms with E-state index in [0.717, 1.165) is 23.5 Å². The molecule has 2 aromatic rings. The highest BCUT2D eigenvalue weighted by molar-refractivity contribution is 5.96. The second-order valence-corrected chi connectivity index (χ2v) is 4.58. The number of nitrogens with zero attached hydrogens (tertiary/aromatic N) is 2.